The highest BCUT2D eigenvalue weighted by Crippen LogP contribution is 2.22. The number of alkyl halides is 2. The zero-order valence-electron chi connectivity index (χ0n) is 9.17. The molecule has 0 aliphatic rings. The van der Waals surface area contributed by atoms with Gasteiger partial charge in [-0.1, -0.05) is 6.92 Å². The second kappa shape index (κ2) is 6.15. The number of rotatable bonds is 6. The van der Waals surface area contributed by atoms with Gasteiger partial charge in [0.1, 0.15) is 5.75 Å². The topological polar surface area (TPSA) is 47.3 Å². The van der Waals surface area contributed by atoms with Crippen LogP contribution < -0.4 is 15.8 Å². The lowest BCUT2D eigenvalue weighted by atomic mass is 10.2. The third-order valence-corrected chi connectivity index (χ3v) is 1.86. The maximum atomic E-state index is 12.0. The van der Waals surface area contributed by atoms with Crippen molar-refractivity contribution in [1.82, 2.24) is 0 Å². The predicted octanol–water partition coefficient (Wildman–Crippen LogP) is 2.73. The van der Waals surface area contributed by atoms with Crippen molar-refractivity contribution in [1.29, 1.82) is 0 Å². The maximum Gasteiger partial charge on any atom is 0.255 e. The number of nitrogen functional groups attached to an aromatic ring is 1. The molecule has 0 amide bonds. The molecular weight excluding hydrogens is 214 g/mol. The number of hydrogen-bond acceptors (Lipinski definition) is 3. The molecule has 3 N–H and O–H groups in total. The van der Waals surface area contributed by atoms with E-state index in [1.807, 2.05) is 6.92 Å². The second-order valence-electron chi connectivity index (χ2n) is 3.41. The van der Waals surface area contributed by atoms with Crippen molar-refractivity contribution in [3.63, 3.8) is 0 Å². The third kappa shape index (κ3) is 4.33. The van der Waals surface area contributed by atoms with Crippen molar-refractivity contribution in [3.8, 4) is 5.75 Å². The molecule has 1 aromatic carbocycles. The first-order chi connectivity index (χ1) is 7.61. The Kier molecular flexibility index (Phi) is 4.82. The van der Waals surface area contributed by atoms with Gasteiger partial charge in [0.05, 0.1) is 13.2 Å². The smallest absolute Gasteiger partial charge is 0.255 e. The Bertz CT molecular complexity index is 332. The first kappa shape index (κ1) is 12.5. The van der Waals surface area contributed by atoms with Crippen LogP contribution in [-0.4, -0.2) is 19.6 Å². The van der Waals surface area contributed by atoms with E-state index in [9.17, 15) is 8.78 Å². The molecule has 3 nitrogen and oxygen atoms in total. The van der Waals surface area contributed by atoms with Crippen LogP contribution in [0.25, 0.3) is 0 Å². The summed E-state index contributed by atoms with van der Waals surface area (Å²) >= 11 is 0. The molecule has 0 bridgehead atoms. The van der Waals surface area contributed by atoms with Gasteiger partial charge in [0, 0.05) is 23.5 Å². The van der Waals surface area contributed by atoms with Gasteiger partial charge in [0.15, 0.2) is 0 Å². The van der Waals surface area contributed by atoms with Crippen molar-refractivity contribution in [2.24, 2.45) is 0 Å². The minimum atomic E-state index is -2.39. The molecule has 0 aliphatic carbocycles. The van der Waals surface area contributed by atoms with Crippen LogP contribution in [-0.2, 0) is 0 Å². The molecule has 0 aromatic heterocycles. The van der Waals surface area contributed by atoms with E-state index in [1.54, 1.807) is 18.2 Å². The van der Waals surface area contributed by atoms with Gasteiger partial charge in [-0.2, -0.15) is 0 Å². The first-order valence-corrected chi connectivity index (χ1v) is 5.17. The normalized spacial score (nSPS) is 10.5. The SMILES string of the molecule is CCCOc1cc(N)cc(NCC(F)F)c1. The fourth-order valence-electron chi connectivity index (χ4n) is 1.22. The summed E-state index contributed by atoms with van der Waals surface area (Å²) in [6.07, 6.45) is -1.50. The molecule has 5 heteroatoms. The first-order valence-electron chi connectivity index (χ1n) is 5.17. The van der Waals surface area contributed by atoms with Gasteiger partial charge < -0.3 is 15.8 Å². The van der Waals surface area contributed by atoms with Crippen LogP contribution in [0.4, 0.5) is 20.2 Å². The van der Waals surface area contributed by atoms with Gasteiger partial charge in [-0.15, -0.1) is 0 Å². The molecule has 0 unspecified atom stereocenters. The lowest BCUT2D eigenvalue weighted by molar-refractivity contribution is 0.163. The van der Waals surface area contributed by atoms with Gasteiger partial charge in [-0.3, -0.25) is 0 Å². The molecule has 0 spiro atoms. The molecule has 90 valence electrons. The van der Waals surface area contributed by atoms with Gasteiger partial charge in [-0.25, -0.2) is 8.78 Å². The zero-order valence-corrected chi connectivity index (χ0v) is 9.17. The minimum absolute atomic E-state index is 0.392. The number of nitrogens with one attached hydrogen (secondary N) is 1. The summed E-state index contributed by atoms with van der Waals surface area (Å²) < 4.78 is 29.4. The molecule has 0 saturated heterocycles. The summed E-state index contributed by atoms with van der Waals surface area (Å²) in [5.74, 6) is 0.596. The monoisotopic (exact) mass is 230 g/mol. The molecule has 1 rings (SSSR count). The number of benzene rings is 1. The number of nitrogens with two attached hydrogens (primary N) is 1. The fourth-order valence-corrected chi connectivity index (χ4v) is 1.22. The molecule has 0 fully saturated rings. The Labute approximate surface area is 93.6 Å². The standard InChI is InChI=1S/C11H16F2N2O/c1-2-3-16-10-5-8(14)4-9(6-10)15-7-11(12)13/h4-6,11,15H,2-3,7,14H2,1H3. The van der Waals surface area contributed by atoms with Crippen molar-refractivity contribution in [2.45, 2.75) is 19.8 Å². The van der Waals surface area contributed by atoms with E-state index in [2.05, 4.69) is 5.32 Å². The summed E-state index contributed by atoms with van der Waals surface area (Å²) in [5.41, 5.74) is 6.67. The minimum Gasteiger partial charge on any atom is -0.493 e. The Hall–Kier alpha value is -1.52. The number of halogens is 2. The Balaban J connectivity index is 2.65. The molecule has 0 radical (unpaired) electrons. The Morgan fingerprint density at radius 2 is 2.12 bits per heavy atom. The van der Waals surface area contributed by atoms with Crippen LogP contribution in [0, 0.1) is 0 Å². The van der Waals surface area contributed by atoms with E-state index in [0.29, 0.717) is 23.7 Å². The molecule has 16 heavy (non-hydrogen) atoms. The van der Waals surface area contributed by atoms with E-state index < -0.39 is 13.0 Å². The lowest BCUT2D eigenvalue weighted by Gasteiger charge is -2.10. The number of ether oxygens (including phenoxy) is 1. The largest absolute Gasteiger partial charge is 0.493 e. The zero-order chi connectivity index (χ0) is 12.0. The van der Waals surface area contributed by atoms with Crippen molar-refractivity contribution in [2.75, 3.05) is 24.2 Å². The highest BCUT2D eigenvalue weighted by Gasteiger charge is 2.04. The van der Waals surface area contributed by atoms with E-state index in [4.69, 9.17) is 10.5 Å². The second-order valence-corrected chi connectivity index (χ2v) is 3.41. The Morgan fingerprint density at radius 1 is 1.38 bits per heavy atom. The summed E-state index contributed by atoms with van der Waals surface area (Å²) in [4.78, 5) is 0. The molecule has 0 heterocycles. The van der Waals surface area contributed by atoms with Gasteiger partial charge in [-0.05, 0) is 12.5 Å². The number of anilines is 2. The van der Waals surface area contributed by atoms with Gasteiger partial charge in [0.25, 0.3) is 6.43 Å². The molecule has 1 aromatic rings. The quantitative estimate of drug-likeness (QED) is 0.739. The highest BCUT2D eigenvalue weighted by atomic mass is 19.3. The summed E-state index contributed by atoms with van der Waals surface area (Å²) in [7, 11) is 0. The van der Waals surface area contributed by atoms with Crippen LogP contribution in [0.5, 0.6) is 5.75 Å². The van der Waals surface area contributed by atoms with E-state index in [1.165, 1.54) is 0 Å². The Morgan fingerprint density at radius 3 is 2.75 bits per heavy atom. The van der Waals surface area contributed by atoms with Crippen molar-refractivity contribution < 1.29 is 13.5 Å². The fraction of sp³-hybridized carbons (Fsp3) is 0.455. The van der Waals surface area contributed by atoms with Crippen molar-refractivity contribution >= 4 is 11.4 Å². The average Bonchev–Trinajstić information content (AvgIpc) is 2.23. The summed E-state index contributed by atoms with van der Waals surface area (Å²) in [6.45, 7) is 2.18. The average molecular weight is 230 g/mol. The van der Waals surface area contributed by atoms with Crippen LogP contribution in [0.1, 0.15) is 13.3 Å². The molecule has 0 atom stereocenters. The number of hydrogen-bond donors (Lipinski definition) is 2. The van der Waals surface area contributed by atoms with Gasteiger partial charge >= 0.3 is 0 Å². The molecule has 0 aliphatic heterocycles. The van der Waals surface area contributed by atoms with E-state index in [-0.39, 0.29) is 0 Å². The van der Waals surface area contributed by atoms with Crippen LogP contribution >= 0.6 is 0 Å². The van der Waals surface area contributed by atoms with Crippen LogP contribution in [0.3, 0.4) is 0 Å². The maximum absolute atomic E-state index is 12.0. The van der Waals surface area contributed by atoms with Crippen LogP contribution in [0.15, 0.2) is 18.2 Å². The summed E-state index contributed by atoms with van der Waals surface area (Å²) in [6, 6.07) is 4.93. The summed E-state index contributed by atoms with van der Waals surface area (Å²) in [5, 5.41) is 2.59. The van der Waals surface area contributed by atoms with Crippen LogP contribution in [0.2, 0.25) is 0 Å². The van der Waals surface area contributed by atoms with E-state index in [0.717, 1.165) is 6.42 Å². The third-order valence-electron chi connectivity index (χ3n) is 1.86. The molecular formula is C11H16F2N2O. The van der Waals surface area contributed by atoms with Crippen molar-refractivity contribution in [3.05, 3.63) is 18.2 Å². The highest BCUT2D eigenvalue weighted by molar-refractivity contribution is 5.59. The van der Waals surface area contributed by atoms with Gasteiger partial charge in [0.2, 0.25) is 0 Å². The predicted molar refractivity (Wildman–Crippen MR) is 61.1 cm³/mol. The molecule has 0 saturated carbocycles. The van der Waals surface area contributed by atoms with E-state index >= 15 is 0 Å². The lowest BCUT2D eigenvalue weighted by Crippen LogP contribution is -2.10.